The van der Waals surface area contributed by atoms with Crippen molar-refractivity contribution in [2.75, 3.05) is 6.61 Å². The van der Waals surface area contributed by atoms with Crippen LogP contribution < -0.4 is 4.74 Å². The summed E-state index contributed by atoms with van der Waals surface area (Å²) >= 11 is 0. The normalized spacial score (nSPS) is 15.3. The molecule has 2 rings (SSSR count). The molecule has 0 radical (unpaired) electrons. The van der Waals surface area contributed by atoms with Crippen molar-refractivity contribution in [3.8, 4) is 11.6 Å². The number of aromatic nitrogens is 1. The van der Waals surface area contributed by atoms with E-state index in [2.05, 4.69) is 4.98 Å². The molecule has 0 aliphatic carbocycles. The van der Waals surface area contributed by atoms with Crippen molar-refractivity contribution in [1.29, 1.82) is 0 Å². The smallest absolute Gasteiger partial charge is 0.216 e. The van der Waals surface area contributed by atoms with Crippen LogP contribution in [0.15, 0.2) is 12.3 Å². The first-order chi connectivity index (χ1) is 5.36. The second-order valence-electron chi connectivity index (χ2n) is 2.61. The number of pyridine rings is 1. The molecular formula is C8H9NO2. The van der Waals surface area contributed by atoms with Gasteiger partial charge >= 0.3 is 0 Å². The fourth-order valence-corrected chi connectivity index (χ4v) is 1.23. The highest BCUT2D eigenvalue weighted by atomic mass is 16.5. The first-order valence-electron chi connectivity index (χ1n) is 3.67. The molecule has 0 atom stereocenters. The van der Waals surface area contributed by atoms with E-state index < -0.39 is 0 Å². The van der Waals surface area contributed by atoms with Crippen LogP contribution in [0.1, 0.15) is 12.0 Å². The van der Waals surface area contributed by atoms with Gasteiger partial charge in [-0.15, -0.1) is 0 Å². The minimum atomic E-state index is 0.217. The van der Waals surface area contributed by atoms with Crippen LogP contribution in [0.25, 0.3) is 0 Å². The predicted octanol–water partition coefficient (Wildman–Crippen LogP) is 1.11. The molecule has 3 nitrogen and oxygen atoms in total. The van der Waals surface area contributed by atoms with Crippen LogP contribution in [0.3, 0.4) is 0 Å². The Morgan fingerprint density at radius 3 is 3.36 bits per heavy atom. The molecule has 1 aliphatic heterocycles. The molecule has 0 aromatic carbocycles. The topological polar surface area (TPSA) is 42.4 Å². The Morgan fingerprint density at radius 1 is 1.55 bits per heavy atom. The van der Waals surface area contributed by atoms with Gasteiger partial charge in [0.25, 0.3) is 0 Å². The zero-order valence-corrected chi connectivity index (χ0v) is 6.08. The van der Waals surface area contributed by atoms with Gasteiger partial charge in [-0.2, -0.15) is 0 Å². The third-order valence-corrected chi connectivity index (χ3v) is 1.74. The number of rotatable bonds is 0. The van der Waals surface area contributed by atoms with Crippen LogP contribution in [0, 0.1) is 0 Å². The molecule has 1 aliphatic rings. The van der Waals surface area contributed by atoms with Crippen LogP contribution in [-0.2, 0) is 6.42 Å². The van der Waals surface area contributed by atoms with Gasteiger partial charge in [-0.1, -0.05) is 0 Å². The first kappa shape index (κ1) is 6.46. The second kappa shape index (κ2) is 2.42. The zero-order valence-electron chi connectivity index (χ0n) is 6.08. The molecule has 0 amide bonds. The lowest BCUT2D eigenvalue weighted by atomic mass is 10.1. The Kier molecular flexibility index (Phi) is 1.42. The molecule has 1 aromatic heterocycles. The van der Waals surface area contributed by atoms with Gasteiger partial charge in [-0.3, -0.25) is 0 Å². The molecule has 3 heteroatoms. The highest BCUT2D eigenvalue weighted by molar-refractivity contribution is 5.33. The quantitative estimate of drug-likeness (QED) is 0.604. The molecule has 58 valence electrons. The molecule has 1 aromatic rings. The van der Waals surface area contributed by atoms with Crippen molar-refractivity contribution >= 4 is 0 Å². The van der Waals surface area contributed by atoms with Gasteiger partial charge in [0.15, 0.2) is 0 Å². The van der Waals surface area contributed by atoms with E-state index in [0.29, 0.717) is 5.88 Å². The molecular weight excluding hydrogens is 142 g/mol. The van der Waals surface area contributed by atoms with Crippen LogP contribution in [0.2, 0.25) is 0 Å². The molecule has 2 heterocycles. The maximum absolute atomic E-state index is 9.07. The molecule has 0 spiro atoms. The monoisotopic (exact) mass is 151 g/mol. The molecule has 0 bridgehead atoms. The summed E-state index contributed by atoms with van der Waals surface area (Å²) in [6, 6.07) is 1.71. The van der Waals surface area contributed by atoms with Gasteiger partial charge in [0.2, 0.25) is 5.88 Å². The summed E-state index contributed by atoms with van der Waals surface area (Å²) in [6.07, 6.45) is 3.37. The number of hydrogen-bond donors (Lipinski definition) is 1. The maximum atomic E-state index is 9.07. The fraction of sp³-hybridized carbons (Fsp3) is 0.375. The van der Waals surface area contributed by atoms with Crippen molar-refractivity contribution in [3.63, 3.8) is 0 Å². The van der Waals surface area contributed by atoms with Gasteiger partial charge in [-0.25, -0.2) is 4.98 Å². The van der Waals surface area contributed by atoms with Crippen LogP contribution in [0.4, 0.5) is 0 Å². The van der Waals surface area contributed by atoms with Crippen molar-refractivity contribution in [2.45, 2.75) is 12.8 Å². The van der Waals surface area contributed by atoms with Gasteiger partial charge in [0.05, 0.1) is 12.8 Å². The average molecular weight is 151 g/mol. The average Bonchev–Trinajstić information content (AvgIpc) is 2.04. The van der Waals surface area contributed by atoms with E-state index in [0.717, 1.165) is 25.0 Å². The van der Waals surface area contributed by atoms with Crippen LogP contribution in [-0.4, -0.2) is 16.7 Å². The predicted molar refractivity (Wildman–Crippen MR) is 39.7 cm³/mol. The Labute approximate surface area is 64.6 Å². The van der Waals surface area contributed by atoms with Crippen molar-refractivity contribution < 1.29 is 9.84 Å². The van der Waals surface area contributed by atoms with E-state index in [9.17, 15) is 0 Å². The molecule has 0 saturated heterocycles. The molecule has 1 N–H and O–H groups in total. The number of aryl methyl sites for hydroxylation is 1. The number of fused-ring (bicyclic) bond motifs is 1. The van der Waals surface area contributed by atoms with E-state index in [1.54, 1.807) is 6.07 Å². The second-order valence-corrected chi connectivity index (χ2v) is 2.61. The van der Waals surface area contributed by atoms with E-state index in [1.807, 2.05) is 0 Å². The highest BCUT2D eigenvalue weighted by Crippen LogP contribution is 2.24. The van der Waals surface area contributed by atoms with Gasteiger partial charge in [0, 0.05) is 5.56 Å². The number of aromatic hydroxyl groups is 1. The minimum absolute atomic E-state index is 0.217. The lowest BCUT2D eigenvalue weighted by Gasteiger charge is -2.14. The third kappa shape index (κ3) is 1.13. The Bertz CT molecular complexity index is 273. The first-order valence-corrected chi connectivity index (χ1v) is 3.67. The van der Waals surface area contributed by atoms with E-state index in [1.165, 1.54) is 6.20 Å². The molecule has 0 saturated carbocycles. The standard InChI is InChI=1S/C8H9NO2/c10-7-4-6-2-1-3-11-8(6)9-5-7/h4-5,10H,1-3H2. The Hall–Kier alpha value is -1.25. The van der Waals surface area contributed by atoms with Crippen molar-refractivity contribution in [2.24, 2.45) is 0 Å². The fourth-order valence-electron chi connectivity index (χ4n) is 1.23. The largest absolute Gasteiger partial charge is 0.506 e. The summed E-state index contributed by atoms with van der Waals surface area (Å²) < 4.78 is 5.26. The number of nitrogens with zero attached hydrogens (tertiary/aromatic N) is 1. The number of hydrogen-bond acceptors (Lipinski definition) is 3. The highest BCUT2D eigenvalue weighted by Gasteiger charge is 2.11. The number of ether oxygens (including phenoxy) is 1. The molecule has 0 unspecified atom stereocenters. The lowest BCUT2D eigenvalue weighted by molar-refractivity contribution is 0.275. The summed E-state index contributed by atoms with van der Waals surface area (Å²) in [4.78, 5) is 3.95. The van der Waals surface area contributed by atoms with Gasteiger partial charge in [0.1, 0.15) is 5.75 Å². The lowest BCUT2D eigenvalue weighted by Crippen LogP contribution is -2.09. The summed E-state index contributed by atoms with van der Waals surface area (Å²) in [6.45, 7) is 0.741. The third-order valence-electron chi connectivity index (χ3n) is 1.74. The van der Waals surface area contributed by atoms with Crippen LogP contribution in [0.5, 0.6) is 11.6 Å². The van der Waals surface area contributed by atoms with Crippen LogP contribution >= 0.6 is 0 Å². The summed E-state index contributed by atoms with van der Waals surface area (Å²) in [5.74, 6) is 0.892. The van der Waals surface area contributed by atoms with Crippen molar-refractivity contribution in [3.05, 3.63) is 17.8 Å². The van der Waals surface area contributed by atoms with Crippen molar-refractivity contribution in [1.82, 2.24) is 4.98 Å². The molecule has 0 fully saturated rings. The van der Waals surface area contributed by atoms with Gasteiger partial charge < -0.3 is 9.84 Å². The van der Waals surface area contributed by atoms with E-state index >= 15 is 0 Å². The summed E-state index contributed by atoms with van der Waals surface area (Å²) in [5.41, 5.74) is 1.01. The van der Waals surface area contributed by atoms with E-state index in [-0.39, 0.29) is 5.75 Å². The molecule has 11 heavy (non-hydrogen) atoms. The Morgan fingerprint density at radius 2 is 2.45 bits per heavy atom. The SMILES string of the molecule is Oc1cnc2c(c1)CCCO2. The minimum Gasteiger partial charge on any atom is -0.506 e. The summed E-state index contributed by atoms with van der Waals surface area (Å²) in [7, 11) is 0. The Balaban J connectivity index is 2.43. The van der Waals surface area contributed by atoms with E-state index in [4.69, 9.17) is 9.84 Å². The maximum Gasteiger partial charge on any atom is 0.216 e. The zero-order chi connectivity index (χ0) is 7.68. The van der Waals surface area contributed by atoms with Gasteiger partial charge in [-0.05, 0) is 18.9 Å². The summed E-state index contributed by atoms with van der Waals surface area (Å²) in [5, 5.41) is 9.07.